The molecular weight excluding hydrogens is 222 g/mol. The molecule has 0 aliphatic rings. The largest absolute Gasteiger partial charge is 0.508 e. The predicted octanol–water partition coefficient (Wildman–Crippen LogP) is 0.941. The summed E-state index contributed by atoms with van der Waals surface area (Å²) in [6.07, 6.45) is 0. The molecule has 0 atom stereocenters. The quantitative estimate of drug-likeness (QED) is 0.733. The van der Waals surface area contributed by atoms with E-state index in [4.69, 9.17) is 0 Å². The van der Waals surface area contributed by atoms with Gasteiger partial charge in [0, 0.05) is 18.7 Å². The molecule has 1 aromatic carbocycles. The zero-order valence-corrected chi connectivity index (χ0v) is 10.1. The molecule has 0 saturated carbocycles. The van der Waals surface area contributed by atoms with Crippen molar-refractivity contribution in [2.75, 3.05) is 13.7 Å². The van der Waals surface area contributed by atoms with Crippen LogP contribution in [0.25, 0.3) is 0 Å². The molecule has 0 radical (unpaired) electrons. The summed E-state index contributed by atoms with van der Waals surface area (Å²) in [5.74, 6) is -0.734. The van der Waals surface area contributed by atoms with Gasteiger partial charge in [0.25, 0.3) is 5.91 Å². The van der Waals surface area contributed by atoms with Crippen LogP contribution in [0.2, 0.25) is 0 Å². The first-order valence-corrected chi connectivity index (χ1v) is 5.20. The van der Waals surface area contributed by atoms with E-state index in [1.807, 2.05) is 0 Å². The highest BCUT2D eigenvalue weighted by atomic mass is 16.3. The number of carbonyl (C=O) groups excluding carboxylic acids is 1. The molecule has 5 nitrogen and oxygen atoms in total. The topological polar surface area (TPSA) is 81.0 Å². The van der Waals surface area contributed by atoms with Crippen LogP contribution in [0.4, 0.5) is 0 Å². The number of carbonyl (C=O) groups is 1. The van der Waals surface area contributed by atoms with Crippen LogP contribution < -0.4 is 0 Å². The number of aliphatic hydroxyl groups excluding tert-OH is 1. The Bertz CT molecular complexity index is 408. The highest BCUT2D eigenvalue weighted by Gasteiger charge is 2.27. The zero-order chi connectivity index (χ0) is 13.2. The number of phenolic OH excluding ortho intramolecular Hbond substituents is 2. The van der Waals surface area contributed by atoms with Crippen LogP contribution in [0.1, 0.15) is 24.2 Å². The van der Waals surface area contributed by atoms with Gasteiger partial charge in [-0.3, -0.25) is 4.79 Å². The summed E-state index contributed by atoms with van der Waals surface area (Å²) in [6.45, 7) is 3.25. The Labute approximate surface area is 99.9 Å². The maximum Gasteiger partial charge on any atom is 0.254 e. The average Bonchev–Trinajstić information content (AvgIpc) is 2.25. The van der Waals surface area contributed by atoms with Gasteiger partial charge >= 0.3 is 0 Å². The van der Waals surface area contributed by atoms with E-state index in [9.17, 15) is 20.1 Å². The summed E-state index contributed by atoms with van der Waals surface area (Å²) in [4.78, 5) is 13.4. The lowest BCUT2D eigenvalue weighted by atomic mass is 10.0. The summed E-state index contributed by atoms with van der Waals surface area (Å²) in [7, 11) is 1.56. The molecular formula is C12H17NO4. The third-order valence-electron chi connectivity index (χ3n) is 2.75. The molecule has 5 heteroatoms. The van der Waals surface area contributed by atoms with E-state index in [0.717, 1.165) is 6.07 Å². The van der Waals surface area contributed by atoms with E-state index in [1.54, 1.807) is 20.9 Å². The molecule has 0 fully saturated rings. The molecule has 3 N–H and O–H groups in total. The van der Waals surface area contributed by atoms with Crippen LogP contribution >= 0.6 is 0 Å². The first-order valence-electron chi connectivity index (χ1n) is 5.20. The van der Waals surface area contributed by atoms with Crippen molar-refractivity contribution in [1.29, 1.82) is 0 Å². The number of hydrogen-bond donors (Lipinski definition) is 3. The van der Waals surface area contributed by atoms with Gasteiger partial charge in [-0.05, 0) is 26.0 Å². The van der Waals surface area contributed by atoms with Crippen molar-refractivity contribution in [1.82, 2.24) is 4.90 Å². The molecule has 0 saturated heterocycles. The second-order valence-corrected chi connectivity index (χ2v) is 4.57. The number of aromatic hydroxyl groups is 2. The van der Waals surface area contributed by atoms with Gasteiger partial charge in [0.15, 0.2) is 0 Å². The Morgan fingerprint density at radius 1 is 1.24 bits per heavy atom. The van der Waals surface area contributed by atoms with Crippen molar-refractivity contribution in [2.45, 2.75) is 19.4 Å². The molecule has 1 amide bonds. The van der Waals surface area contributed by atoms with Crippen LogP contribution in [0.3, 0.4) is 0 Å². The third-order valence-corrected chi connectivity index (χ3v) is 2.75. The molecule has 0 bridgehead atoms. The van der Waals surface area contributed by atoms with Gasteiger partial charge in [-0.2, -0.15) is 0 Å². The van der Waals surface area contributed by atoms with Crippen LogP contribution in [0.15, 0.2) is 18.2 Å². The van der Waals surface area contributed by atoms with E-state index in [1.165, 1.54) is 17.0 Å². The van der Waals surface area contributed by atoms with Crippen molar-refractivity contribution in [3.63, 3.8) is 0 Å². The highest BCUT2D eigenvalue weighted by molar-refractivity contribution is 5.95. The van der Waals surface area contributed by atoms with Gasteiger partial charge < -0.3 is 20.2 Å². The Morgan fingerprint density at radius 2 is 1.71 bits per heavy atom. The van der Waals surface area contributed by atoms with Crippen LogP contribution in [-0.2, 0) is 0 Å². The molecule has 0 aliphatic carbocycles. The molecule has 1 aromatic rings. The number of hydrogen-bond acceptors (Lipinski definition) is 4. The number of likely N-dealkylation sites (N-methyl/N-ethyl adjacent to an activating group) is 1. The lowest BCUT2D eigenvalue weighted by Crippen LogP contribution is -2.47. The Balaban J connectivity index is 3.04. The summed E-state index contributed by atoms with van der Waals surface area (Å²) >= 11 is 0. The first-order chi connectivity index (χ1) is 7.77. The second-order valence-electron chi connectivity index (χ2n) is 4.57. The monoisotopic (exact) mass is 239 g/mol. The van der Waals surface area contributed by atoms with E-state index >= 15 is 0 Å². The summed E-state index contributed by atoms with van der Waals surface area (Å²) in [5.41, 5.74) is -0.537. The summed E-state index contributed by atoms with van der Waals surface area (Å²) in [5, 5.41) is 27.8. The van der Waals surface area contributed by atoms with Gasteiger partial charge in [0.2, 0.25) is 0 Å². The fourth-order valence-corrected chi connectivity index (χ4v) is 1.29. The van der Waals surface area contributed by atoms with E-state index in [0.29, 0.717) is 0 Å². The summed E-state index contributed by atoms with van der Waals surface area (Å²) in [6, 6.07) is 3.69. The average molecular weight is 239 g/mol. The lowest BCUT2D eigenvalue weighted by Gasteiger charge is -2.34. The van der Waals surface area contributed by atoms with Gasteiger partial charge in [0.05, 0.1) is 12.1 Å². The molecule has 0 spiro atoms. The smallest absolute Gasteiger partial charge is 0.254 e. The van der Waals surface area contributed by atoms with E-state index in [2.05, 4.69) is 0 Å². The zero-order valence-electron chi connectivity index (χ0n) is 10.1. The molecule has 0 aromatic heterocycles. The van der Waals surface area contributed by atoms with Crippen molar-refractivity contribution in [3.05, 3.63) is 23.8 Å². The lowest BCUT2D eigenvalue weighted by molar-refractivity contribution is 0.0472. The number of amides is 1. The molecule has 17 heavy (non-hydrogen) atoms. The number of benzene rings is 1. The highest BCUT2D eigenvalue weighted by Crippen LogP contribution is 2.23. The van der Waals surface area contributed by atoms with Gasteiger partial charge in [0.1, 0.15) is 11.5 Å². The van der Waals surface area contributed by atoms with Crippen LogP contribution in [0.5, 0.6) is 11.5 Å². The Kier molecular flexibility index (Phi) is 3.63. The maximum atomic E-state index is 12.0. The minimum absolute atomic E-state index is 0.173. The van der Waals surface area contributed by atoms with Crippen LogP contribution in [-0.4, -0.2) is 45.3 Å². The SMILES string of the molecule is CN(C(=O)c1cc(O)cc(O)c1)C(C)(C)CO. The maximum absolute atomic E-state index is 12.0. The minimum Gasteiger partial charge on any atom is -0.508 e. The normalized spacial score (nSPS) is 11.3. The number of phenols is 2. The van der Waals surface area contributed by atoms with Gasteiger partial charge in [-0.25, -0.2) is 0 Å². The molecule has 1 rings (SSSR count). The number of aliphatic hydroxyl groups is 1. The van der Waals surface area contributed by atoms with Crippen molar-refractivity contribution in [2.24, 2.45) is 0 Å². The van der Waals surface area contributed by atoms with Gasteiger partial charge in [-0.15, -0.1) is 0 Å². The number of nitrogens with zero attached hydrogens (tertiary/aromatic N) is 1. The van der Waals surface area contributed by atoms with Gasteiger partial charge in [-0.1, -0.05) is 0 Å². The summed E-state index contributed by atoms with van der Waals surface area (Å²) < 4.78 is 0. The Morgan fingerprint density at radius 3 is 2.12 bits per heavy atom. The van der Waals surface area contributed by atoms with Crippen molar-refractivity contribution in [3.8, 4) is 11.5 Å². The molecule has 94 valence electrons. The van der Waals surface area contributed by atoms with Crippen LogP contribution in [0, 0.1) is 0 Å². The van der Waals surface area contributed by atoms with E-state index < -0.39 is 5.54 Å². The standard InChI is InChI=1S/C12H17NO4/c1-12(2,7-14)13(3)11(17)8-4-9(15)6-10(16)5-8/h4-6,14-16H,7H2,1-3H3. The number of rotatable bonds is 3. The molecule has 0 unspecified atom stereocenters. The molecule has 0 aliphatic heterocycles. The fourth-order valence-electron chi connectivity index (χ4n) is 1.29. The Hall–Kier alpha value is -1.75. The second kappa shape index (κ2) is 4.63. The fraction of sp³-hybridized carbons (Fsp3) is 0.417. The minimum atomic E-state index is -0.710. The third kappa shape index (κ3) is 2.88. The predicted molar refractivity (Wildman–Crippen MR) is 63.0 cm³/mol. The van der Waals surface area contributed by atoms with Crippen molar-refractivity contribution >= 4 is 5.91 Å². The first kappa shape index (κ1) is 13.3. The van der Waals surface area contributed by atoms with Crippen molar-refractivity contribution < 1.29 is 20.1 Å². The molecule has 0 heterocycles. The van der Waals surface area contributed by atoms with E-state index in [-0.39, 0.29) is 29.6 Å².